The highest BCUT2D eigenvalue weighted by Crippen LogP contribution is 2.36. The van der Waals surface area contributed by atoms with E-state index >= 15 is 0 Å². The molecule has 53 heavy (non-hydrogen) atoms. The Morgan fingerprint density at radius 1 is 0.415 bits per heavy atom. The van der Waals surface area contributed by atoms with Gasteiger partial charge in [-0.3, -0.25) is 4.57 Å². The molecule has 0 aliphatic heterocycles. The first kappa shape index (κ1) is 31.5. The molecule has 0 spiro atoms. The van der Waals surface area contributed by atoms with Gasteiger partial charge in [0, 0.05) is 32.7 Å². The zero-order chi connectivity index (χ0) is 36.0. The Labute approximate surface area is 311 Å². The van der Waals surface area contributed by atoms with Crippen molar-refractivity contribution in [1.82, 2.24) is 19.5 Å². The predicted octanol–water partition coefficient (Wildman–Crippen LogP) is 4.99. The van der Waals surface area contributed by atoms with E-state index in [1.807, 2.05) is 65.2 Å². The number of benzene rings is 7. The zero-order valence-corrected chi connectivity index (χ0v) is 28.2. The first-order valence-corrected chi connectivity index (χ1v) is 17.1. The SMILES string of the molecule is [B]c1c([B])c([B])c(-c2nc(-c3ccc4c(c3)oc3ccc(-c5ccc6ccccc6c5)cc34)nc(-n3c4ccccc4c4ccccc43)n2)c([B])c1[B]. The second-order valence-electron chi connectivity index (χ2n) is 13.2. The first-order valence-electron chi connectivity index (χ1n) is 17.1. The van der Waals surface area contributed by atoms with Crippen LogP contribution in [0.4, 0.5) is 0 Å². The fraction of sp³-hybridized carbons (Fsp3) is 0. The van der Waals surface area contributed by atoms with Crippen molar-refractivity contribution in [3.8, 4) is 39.9 Å². The summed E-state index contributed by atoms with van der Waals surface area (Å²) in [4.78, 5) is 15.0. The summed E-state index contributed by atoms with van der Waals surface area (Å²) in [5.41, 5.74) is 7.12. The fourth-order valence-corrected chi connectivity index (χ4v) is 7.40. The van der Waals surface area contributed by atoms with Gasteiger partial charge in [-0.1, -0.05) is 95.9 Å². The van der Waals surface area contributed by atoms with Gasteiger partial charge in [0.05, 0.1) is 11.0 Å². The van der Waals surface area contributed by atoms with E-state index in [0.717, 1.165) is 49.3 Å². The van der Waals surface area contributed by atoms with Crippen molar-refractivity contribution in [3.05, 3.63) is 127 Å². The van der Waals surface area contributed by atoms with E-state index in [2.05, 4.69) is 66.7 Å². The van der Waals surface area contributed by atoms with Gasteiger partial charge in [-0.2, -0.15) is 9.97 Å². The van der Waals surface area contributed by atoms with Crippen LogP contribution in [0.5, 0.6) is 0 Å². The van der Waals surface area contributed by atoms with Crippen molar-refractivity contribution in [2.24, 2.45) is 0 Å². The predicted molar refractivity (Wildman–Crippen MR) is 222 cm³/mol. The molecule has 0 N–H and O–H groups in total. The number of hydrogen-bond donors (Lipinski definition) is 0. The molecule has 10 heteroatoms. The van der Waals surface area contributed by atoms with Crippen molar-refractivity contribution in [3.63, 3.8) is 0 Å². The quantitative estimate of drug-likeness (QED) is 0.249. The third-order valence-electron chi connectivity index (χ3n) is 10.1. The summed E-state index contributed by atoms with van der Waals surface area (Å²) in [6, 6.07) is 43.3. The van der Waals surface area contributed by atoms with Crippen molar-refractivity contribution in [1.29, 1.82) is 0 Å². The van der Waals surface area contributed by atoms with E-state index in [1.54, 1.807) is 0 Å². The van der Waals surface area contributed by atoms with Crippen LogP contribution in [0.25, 0.3) is 94.4 Å². The second kappa shape index (κ2) is 11.9. The number of nitrogens with zero attached hydrogens (tertiary/aromatic N) is 4. The molecule has 0 aliphatic carbocycles. The molecule has 0 bridgehead atoms. The summed E-state index contributed by atoms with van der Waals surface area (Å²) in [5.74, 6) is 0.934. The van der Waals surface area contributed by atoms with Crippen LogP contribution in [0.15, 0.2) is 132 Å². The van der Waals surface area contributed by atoms with E-state index < -0.39 is 0 Å². The second-order valence-corrected chi connectivity index (χ2v) is 13.2. The maximum Gasteiger partial charge on any atom is 0.238 e. The van der Waals surface area contributed by atoms with Crippen LogP contribution in [0, 0.1) is 0 Å². The molecule has 3 aromatic heterocycles. The topological polar surface area (TPSA) is 56.7 Å². The smallest absolute Gasteiger partial charge is 0.238 e. The Morgan fingerprint density at radius 3 is 1.74 bits per heavy atom. The zero-order valence-electron chi connectivity index (χ0n) is 28.2. The molecule has 0 unspecified atom stereocenters. The third-order valence-corrected chi connectivity index (χ3v) is 10.1. The molecule has 0 atom stereocenters. The van der Waals surface area contributed by atoms with Crippen LogP contribution in [0.2, 0.25) is 0 Å². The van der Waals surface area contributed by atoms with E-state index in [9.17, 15) is 0 Å². The molecular weight excluding hydrogens is 643 g/mol. The van der Waals surface area contributed by atoms with Crippen molar-refractivity contribution >= 4 is 121 Å². The standard InChI is InChI=1S/C43H21B5N4O/c44-36-35(37(45)39(47)40(48)38(36)46)42-49-41(50-43(51-42)52-31-11-5-3-9-27(31)28-10-4-6-12-32(28)52)26-15-17-29-30-20-25(16-18-33(30)53-34(29)21-26)24-14-13-22-7-1-2-8-23(22)19-24/h1-21H. The lowest BCUT2D eigenvalue weighted by atomic mass is 9.60. The van der Waals surface area contributed by atoms with Crippen LogP contribution < -0.4 is 27.3 Å². The number of furan rings is 1. The summed E-state index contributed by atoms with van der Waals surface area (Å²) >= 11 is 0. The lowest BCUT2D eigenvalue weighted by Crippen LogP contribution is -2.55. The van der Waals surface area contributed by atoms with Gasteiger partial charge < -0.3 is 4.42 Å². The molecule has 0 aliphatic rings. The Kier molecular flexibility index (Phi) is 7.06. The number of rotatable bonds is 4. The maximum absolute atomic E-state index is 6.56. The molecule has 5 nitrogen and oxygen atoms in total. The largest absolute Gasteiger partial charge is 0.456 e. The minimum absolute atomic E-state index is 0.110. The van der Waals surface area contributed by atoms with Gasteiger partial charge in [-0.25, -0.2) is 4.98 Å². The molecule has 0 saturated heterocycles. The van der Waals surface area contributed by atoms with E-state index in [-0.39, 0.29) is 38.7 Å². The third kappa shape index (κ3) is 4.89. The summed E-state index contributed by atoms with van der Waals surface area (Å²) < 4.78 is 8.43. The molecule has 0 saturated carbocycles. The normalized spacial score (nSPS) is 11.8. The number of para-hydroxylation sites is 2. The summed E-state index contributed by atoms with van der Waals surface area (Å²) in [5, 5.41) is 6.48. The molecule has 10 aromatic rings. The lowest BCUT2D eigenvalue weighted by molar-refractivity contribution is 0.669. The maximum atomic E-state index is 6.56. The van der Waals surface area contributed by atoms with Gasteiger partial charge in [-0.15, -0.1) is 16.4 Å². The van der Waals surface area contributed by atoms with Crippen LogP contribution in [0.3, 0.4) is 0 Å². The molecule has 7 aromatic carbocycles. The van der Waals surface area contributed by atoms with Gasteiger partial charge in [0.15, 0.2) is 11.6 Å². The Hall–Kier alpha value is -6.27. The van der Waals surface area contributed by atoms with Gasteiger partial charge in [0.1, 0.15) is 50.4 Å². The van der Waals surface area contributed by atoms with Crippen molar-refractivity contribution in [2.75, 3.05) is 0 Å². The van der Waals surface area contributed by atoms with Crippen LogP contribution >= 0.6 is 0 Å². The number of aromatic nitrogens is 4. The highest BCUT2D eigenvalue weighted by Gasteiger charge is 2.21. The highest BCUT2D eigenvalue weighted by molar-refractivity contribution is 6.68. The molecule has 3 heterocycles. The number of hydrogen-bond acceptors (Lipinski definition) is 4. The van der Waals surface area contributed by atoms with Crippen molar-refractivity contribution in [2.45, 2.75) is 0 Å². The Bertz CT molecular complexity index is 3070. The molecule has 234 valence electrons. The minimum atomic E-state index is 0.110. The van der Waals surface area contributed by atoms with Crippen molar-refractivity contribution < 1.29 is 4.42 Å². The van der Waals surface area contributed by atoms with E-state index in [4.69, 9.17) is 58.6 Å². The van der Waals surface area contributed by atoms with E-state index in [1.165, 1.54) is 10.8 Å². The van der Waals surface area contributed by atoms with Crippen LogP contribution in [0.1, 0.15) is 0 Å². The highest BCUT2D eigenvalue weighted by atomic mass is 16.3. The van der Waals surface area contributed by atoms with Gasteiger partial charge >= 0.3 is 0 Å². The first-order chi connectivity index (χ1) is 25.8. The monoisotopic (exact) mass is 664 g/mol. The Morgan fingerprint density at radius 2 is 1.00 bits per heavy atom. The summed E-state index contributed by atoms with van der Waals surface area (Å²) in [6.07, 6.45) is 0. The lowest BCUT2D eigenvalue weighted by Gasteiger charge is -2.20. The molecule has 10 rings (SSSR count). The molecule has 0 amide bonds. The van der Waals surface area contributed by atoms with E-state index in [0.29, 0.717) is 22.9 Å². The van der Waals surface area contributed by atoms with Crippen LogP contribution in [-0.4, -0.2) is 58.8 Å². The van der Waals surface area contributed by atoms with Gasteiger partial charge in [-0.05, 0) is 64.4 Å². The minimum Gasteiger partial charge on any atom is -0.456 e. The Balaban J connectivity index is 1.18. The van der Waals surface area contributed by atoms with Gasteiger partial charge in [0.2, 0.25) is 5.95 Å². The molecule has 0 fully saturated rings. The van der Waals surface area contributed by atoms with Crippen LogP contribution in [-0.2, 0) is 0 Å². The molecular formula is C43H21B5N4O. The van der Waals surface area contributed by atoms with Gasteiger partial charge in [0.25, 0.3) is 0 Å². The average molecular weight is 664 g/mol. The number of fused-ring (bicyclic) bond motifs is 7. The fourth-order valence-electron chi connectivity index (χ4n) is 7.40. The molecule has 10 radical (unpaired) electrons. The summed E-state index contributed by atoms with van der Waals surface area (Å²) in [6.45, 7) is 0. The summed E-state index contributed by atoms with van der Waals surface area (Å²) in [7, 11) is 31.9. The average Bonchev–Trinajstić information content (AvgIpc) is 3.74.